The van der Waals surface area contributed by atoms with E-state index in [4.69, 9.17) is 0 Å². The number of hydrogen-bond acceptors (Lipinski definition) is 0. The molecule has 0 atom stereocenters. The summed E-state index contributed by atoms with van der Waals surface area (Å²) in [7, 11) is 0. The maximum atomic E-state index is 2.22. The molecule has 0 saturated heterocycles. The molecule has 1 aromatic carbocycles. The predicted molar refractivity (Wildman–Crippen MR) is 64.4 cm³/mol. The molecule has 0 N–H and O–H groups in total. The first-order valence-electron chi connectivity index (χ1n) is 4.27. The van der Waals surface area contributed by atoms with Crippen LogP contribution in [0.5, 0.6) is 0 Å². The van der Waals surface area contributed by atoms with Gasteiger partial charge in [0.1, 0.15) is 0 Å². The van der Waals surface area contributed by atoms with Gasteiger partial charge in [-0.3, -0.25) is 0 Å². The fraction of sp³-hybridized carbons (Fsp3) is 0.385. The van der Waals surface area contributed by atoms with Crippen molar-refractivity contribution in [2.45, 2.75) is 27.2 Å². The Morgan fingerprint density at radius 3 is 1.00 bits per heavy atom. The van der Waals surface area contributed by atoms with Gasteiger partial charge in [0.05, 0.1) is 0 Å². The van der Waals surface area contributed by atoms with Crippen LogP contribution in [0.3, 0.4) is 0 Å². The Morgan fingerprint density at radius 2 is 0.929 bits per heavy atom. The van der Waals surface area contributed by atoms with Gasteiger partial charge in [0, 0.05) is 0 Å². The van der Waals surface area contributed by atoms with Crippen molar-refractivity contribution in [3.63, 3.8) is 0 Å². The van der Waals surface area contributed by atoms with Gasteiger partial charge in [0.15, 0.2) is 0 Å². The topological polar surface area (TPSA) is 0 Å². The molecule has 0 nitrogen and oxygen atoms in total. The Bertz CT molecular complexity index is 120. The van der Waals surface area contributed by atoms with Crippen molar-refractivity contribution in [3.8, 4) is 0 Å². The molecule has 0 amide bonds. The predicted octanol–water partition coefficient (Wildman–Crippen LogP) is 4.64. The van der Waals surface area contributed by atoms with E-state index >= 15 is 0 Å². The first kappa shape index (κ1) is 23.6. The molecular weight excluding hydrogens is 257 g/mol. The summed E-state index contributed by atoms with van der Waals surface area (Å²) in [5.41, 5.74) is 0. The van der Waals surface area contributed by atoms with E-state index in [0.29, 0.717) is 0 Å². The molecular formula is C13H24Ru. The third-order valence-electron chi connectivity index (χ3n) is 1.48. The minimum atomic E-state index is 0. The van der Waals surface area contributed by atoms with Crippen molar-refractivity contribution in [1.82, 2.24) is 0 Å². The standard InChI is InChI=1S/C6H6.C5H12.2CH3.Ru/c1-2-4-6-5-3-1;1-4-5(2)3;;;/h1-6H;5H,4H2,1-3H3;2*1H3;/q;;2*-1;+2. The number of hydrogen-bond donors (Lipinski definition) is 0. The van der Waals surface area contributed by atoms with Gasteiger partial charge in [0.2, 0.25) is 0 Å². The fourth-order valence-electron chi connectivity index (χ4n) is 0.385. The van der Waals surface area contributed by atoms with E-state index in [0.717, 1.165) is 5.92 Å². The van der Waals surface area contributed by atoms with Crippen LogP contribution in [0, 0.1) is 20.8 Å². The summed E-state index contributed by atoms with van der Waals surface area (Å²) in [4.78, 5) is 0. The van der Waals surface area contributed by atoms with Crippen molar-refractivity contribution in [2.24, 2.45) is 5.92 Å². The van der Waals surface area contributed by atoms with E-state index < -0.39 is 0 Å². The zero-order valence-electron chi connectivity index (χ0n) is 10.1. The third-order valence-corrected chi connectivity index (χ3v) is 1.48. The first-order valence-corrected chi connectivity index (χ1v) is 4.27. The Hall–Kier alpha value is -0.157. The second-order valence-corrected chi connectivity index (χ2v) is 2.96. The molecule has 0 bridgehead atoms. The minimum Gasteiger partial charge on any atom is -0.358 e. The second-order valence-electron chi connectivity index (χ2n) is 2.96. The minimum absolute atomic E-state index is 0. The van der Waals surface area contributed by atoms with Crippen LogP contribution in [0.15, 0.2) is 36.4 Å². The molecule has 0 spiro atoms. The van der Waals surface area contributed by atoms with Gasteiger partial charge >= 0.3 is 19.5 Å². The quantitative estimate of drug-likeness (QED) is 0.520. The van der Waals surface area contributed by atoms with Gasteiger partial charge in [-0.25, -0.2) is 0 Å². The van der Waals surface area contributed by atoms with Gasteiger partial charge in [-0.2, -0.15) is 0 Å². The summed E-state index contributed by atoms with van der Waals surface area (Å²) in [5.74, 6) is 0.884. The maximum Gasteiger partial charge on any atom is 2.00 e. The van der Waals surface area contributed by atoms with Crippen molar-refractivity contribution in [3.05, 3.63) is 51.3 Å². The van der Waals surface area contributed by atoms with Crippen molar-refractivity contribution >= 4 is 0 Å². The van der Waals surface area contributed by atoms with Gasteiger partial charge in [0.25, 0.3) is 0 Å². The molecule has 1 aromatic rings. The summed E-state index contributed by atoms with van der Waals surface area (Å²) < 4.78 is 0. The monoisotopic (exact) mass is 282 g/mol. The van der Waals surface area contributed by atoms with Crippen molar-refractivity contribution < 1.29 is 19.5 Å². The van der Waals surface area contributed by atoms with E-state index in [-0.39, 0.29) is 34.3 Å². The van der Waals surface area contributed by atoms with E-state index in [1.807, 2.05) is 36.4 Å². The number of benzene rings is 1. The van der Waals surface area contributed by atoms with Gasteiger partial charge < -0.3 is 14.9 Å². The first-order chi connectivity index (χ1) is 5.27. The van der Waals surface area contributed by atoms with Crippen LogP contribution in [-0.4, -0.2) is 0 Å². The summed E-state index contributed by atoms with van der Waals surface area (Å²) in [6.45, 7) is 6.64. The van der Waals surface area contributed by atoms with Crippen molar-refractivity contribution in [1.29, 1.82) is 0 Å². The summed E-state index contributed by atoms with van der Waals surface area (Å²) in [6.07, 6.45) is 1.31. The molecule has 0 saturated carbocycles. The average Bonchev–Trinajstić information content (AvgIpc) is 2.09. The van der Waals surface area contributed by atoms with Gasteiger partial charge in [-0.1, -0.05) is 63.6 Å². The van der Waals surface area contributed by atoms with Crippen molar-refractivity contribution in [2.75, 3.05) is 0 Å². The average molecular weight is 281 g/mol. The van der Waals surface area contributed by atoms with Gasteiger partial charge in [-0.05, 0) is 5.92 Å². The van der Waals surface area contributed by atoms with E-state index in [9.17, 15) is 0 Å². The normalized spacial score (nSPS) is 6.86. The summed E-state index contributed by atoms with van der Waals surface area (Å²) >= 11 is 0. The van der Waals surface area contributed by atoms with Crippen LogP contribution in [0.4, 0.5) is 0 Å². The van der Waals surface area contributed by atoms with Crippen LogP contribution in [0.2, 0.25) is 0 Å². The molecule has 0 aliphatic carbocycles. The molecule has 0 heterocycles. The molecule has 0 aromatic heterocycles. The second kappa shape index (κ2) is 18.6. The Labute approximate surface area is 104 Å². The molecule has 1 rings (SSSR count). The van der Waals surface area contributed by atoms with Crippen LogP contribution >= 0.6 is 0 Å². The Kier molecular flexibility index (Phi) is 31.3. The summed E-state index contributed by atoms with van der Waals surface area (Å²) in [6, 6.07) is 12.0. The van der Waals surface area contributed by atoms with Gasteiger partial charge in [-0.15, -0.1) is 0 Å². The molecule has 0 fully saturated rings. The Balaban J connectivity index is -0.0000000597. The van der Waals surface area contributed by atoms with Crippen LogP contribution in [0.25, 0.3) is 0 Å². The maximum absolute atomic E-state index is 2.22. The molecule has 1 heteroatoms. The van der Waals surface area contributed by atoms with Crippen LogP contribution < -0.4 is 0 Å². The largest absolute Gasteiger partial charge is 2.00 e. The molecule has 0 aliphatic heterocycles. The Morgan fingerprint density at radius 1 is 0.786 bits per heavy atom. The van der Waals surface area contributed by atoms with E-state index in [2.05, 4.69) is 20.8 Å². The van der Waals surface area contributed by atoms with E-state index in [1.54, 1.807) is 0 Å². The van der Waals surface area contributed by atoms with E-state index in [1.165, 1.54) is 6.42 Å². The van der Waals surface area contributed by atoms with Crippen LogP contribution in [0.1, 0.15) is 27.2 Å². The molecule has 84 valence electrons. The molecule has 0 unspecified atom stereocenters. The molecule has 0 aliphatic rings. The number of rotatable bonds is 1. The smallest absolute Gasteiger partial charge is 0.358 e. The fourth-order valence-corrected chi connectivity index (χ4v) is 0.385. The van der Waals surface area contributed by atoms with Crippen LogP contribution in [-0.2, 0) is 19.5 Å². The molecule has 0 radical (unpaired) electrons. The SMILES string of the molecule is CCC(C)C.[CH3-].[CH3-].[Ru+2].c1ccccc1. The zero-order chi connectivity index (χ0) is 8.53. The third kappa shape index (κ3) is 22.6. The molecule has 14 heavy (non-hydrogen) atoms. The summed E-state index contributed by atoms with van der Waals surface area (Å²) in [5, 5.41) is 0. The zero-order valence-corrected chi connectivity index (χ0v) is 11.8.